The second-order valence-corrected chi connectivity index (χ2v) is 10.6. The van der Waals surface area contributed by atoms with Gasteiger partial charge in [0.2, 0.25) is 0 Å². The van der Waals surface area contributed by atoms with Gasteiger partial charge in [0.1, 0.15) is 15.8 Å². The number of nitrogens with zero attached hydrogens (tertiary/aromatic N) is 4. The highest BCUT2D eigenvalue weighted by atomic mass is 79.9. The Morgan fingerprint density at radius 2 is 1.62 bits per heavy atom. The van der Waals surface area contributed by atoms with Crippen molar-refractivity contribution in [3.05, 3.63) is 35.1 Å². The number of imide groups is 1. The predicted molar refractivity (Wildman–Crippen MR) is 133 cm³/mol. The highest BCUT2D eigenvalue weighted by Gasteiger charge is 2.35. The van der Waals surface area contributed by atoms with Crippen LogP contribution in [-0.2, 0) is 14.2 Å². The molecule has 1 aliphatic heterocycles. The molecule has 1 fully saturated rings. The third-order valence-electron chi connectivity index (χ3n) is 4.59. The monoisotopic (exact) mass is 534 g/mol. The largest absolute Gasteiger partial charge is 0.443 e. The zero-order valence-corrected chi connectivity index (χ0v) is 22.0. The lowest BCUT2D eigenvalue weighted by Gasteiger charge is -2.29. The van der Waals surface area contributed by atoms with Gasteiger partial charge < -0.3 is 19.1 Å². The van der Waals surface area contributed by atoms with E-state index in [0.717, 1.165) is 29.2 Å². The van der Waals surface area contributed by atoms with Gasteiger partial charge in [0.05, 0.1) is 25.1 Å². The van der Waals surface area contributed by atoms with Crippen molar-refractivity contribution in [3.8, 4) is 11.3 Å². The third-order valence-corrected chi connectivity index (χ3v) is 5.13. The van der Waals surface area contributed by atoms with Gasteiger partial charge in [-0.2, -0.15) is 4.90 Å². The average molecular weight is 535 g/mol. The molecule has 0 N–H and O–H groups in total. The minimum Gasteiger partial charge on any atom is -0.443 e. The van der Waals surface area contributed by atoms with Gasteiger partial charge in [0.25, 0.3) is 0 Å². The Hall–Kier alpha value is -2.72. The van der Waals surface area contributed by atoms with Crippen LogP contribution in [0, 0.1) is 0 Å². The summed E-state index contributed by atoms with van der Waals surface area (Å²) in [7, 11) is 0. The molecule has 0 atom stereocenters. The molecule has 2 amide bonds. The maximum absolute atomic E-state index is 12.9. The highest BCUT2D eigenvalue weighted by molar-refractivity contribution is 9.10. The summed E-state index contributed by atoms with van der Waals surface area (Å²) >= 11 is 3.38. The molecule has 184 valence electrons. The van der Waals surface area contributed by atoms with Gasteiger partial charge in [-0.05, 0) is 69.6 Å². The summed E-state index contributed by atoms with van der Waals surface area (Å²) in [6.07, 6.45) is -0.294. The first-order valence-corrected chi connectivity index (χ1v) is 11.9. The van der Waals surface area contributed by atoms with Gasteiger partial charge in [0.15, 0.2) is 5.82 Å². The summed E-state index contributed by atoms with van der Waals surface area (Å²) in [5, 5.41) is 0. The van der Waals surface area contributed by atoms with Crippen LogP contribution in [0.4, 0.5) is 21.1 Å². The fourth-order valence-corrected chi connectivity index (χ4v) is 3.67. The van der Waals surface area contributed by atoms with Crippen molar-refractivity contribution in [1.29, 1.82) is 0 Å². The van der Waals surface area contributed by atoms with Crippen molar-refractivity contribution in [2.75, 3.05) is 36.1 Å². The molecule has 1 aromatic carbocycles. The summed E-state index contributed by atoms with van der Waals surface area (Å²) < 4.78 is 16.5. The Labute approximate surface area is 208 Å². The molecule has 1 aromatic heterocycles. The van der Waals surface area contributed by atoms with E-state index in [1.54, 1.807) is 41.5 Å². The molecule has 0 unspecified atom stereocenters. The number of hydrogen-bond donors (Lipinski definition) is 0. The Balaban J connectivity index is 1.94. The van der Waals surface area contributed by atoms with Crippen LogP contribution >= 0.6 is 15.9 Å². The van der Waals surface area contributed by atoms with Crippen LogP contribution in [-0.4, -0.2) is 59.7 Å². The molecule has 3 rings (SSSR count). The second kappa shape index (κ2) is 10.3. The molecule has 2 heterocycles. The van der Waals surface area contributed by atoms with Gasteiger partial charge >= 0.3 is 12.2 Å². The van der Waals surface area contributed by atoms with Crippen molar-refractivity contribution < 1.29 is 23.8 Å². The van der Waals surface area contributed by atoms with Gasteiger partial charge in [0, 0.05) is 24.3 Å². The van der Waals surface area contributed by atoms with Crippen LogP contribution in [0.25, 0.3) is 11.3 Å². The number of carbonyl (C=O) groups excluding carboxylic acids is 2. The number of anilines is 2. The maximum Gasteiger partial charge on any atom is 0.425 e. The molecule has 2 aromatic rings. The van der Waals surface area contributed by atoms with E-state index in [2.05, 4.69) is 30.8 Å². The van der Waals surface area contributed by atoms with Crippen molar-refractivity contribution in [2.24, 2.45) is 0 Å². The molecule has 1 aliphatic rings. The summed E-state index contributed by atoms with van der Waals surface area (Å²) in [5.74, 6) is -0.0171. The van der Waals surface area contributed by atoms with Crippen LogP contribution in [0.5, 0.6) is 0 Å². The quantitative estimate of drug-likeness (QED) is 0.515. The van der Waals surface area contributed by atoms with Crippen molar-refractivity contribution >= 4 is 39.6 Å². The summed E-state index contributed by atoms with van der Waals surface area (Å²) in [6.45, 7) is 13.3. The van der Waals surface area contributed by atoms with Gasteiger partial charge in [-0.1, -0.05) is 12.1 Å². The number of halogens is 1. The smallest absolute Gasteiger partial charge is 0.425 e. The topological polar surface area (TPSA) is 94.1 Å². The van der Waals surface area contributed by atoms with Gasteiger partial charge in [-0.3, -0.25) is 0 Å². The highest BCUT2D eigenvalue weighted by Crippen LogP contribution is 2.30. The lowest BCUT2D eigenvalue weighted by atomic mass is 10.1. The summed E-state index contributed by atoms with van der Waals surface area (Å²) in [5.41, 5.74) is 0.852. The van der Waals surface area contributed by atoms with E-state index < -0.39 is 23.4 Å². The molecular formula is C24H31BrN4O5. The van der Waals surface area contributed by atoms with E-state index in [-0.39, 0.29) is 10.4 Å². The fourth-order valence-electron chi connectivity index (χ4n) is 3.20. The number of rotatable bonds is 3. The number of hydrogen-bond acceptors (Lipinski definition) is 8. The molecule has 34 heavy (non-hydrogen) atoms. The molecule has 9 nitrogen and oxygen atoms in total. The second-order valence-electron chi connectivity index (χ2n) is 9.82. The van der Waals surface area contributed by atoms with Crippen LogP contribution in [0.15, 0.2) is 35.1 Å². The van der Waals surface area contributed by atoms with Gasteiger partial charge in [-0.15, -0.1) is 0 Å². The number of benzene rings is 1. The van der Waals surface area contributed by atoms with Crippen LogP contribution in [0.1, 0.15) is 41.5 Å². The van der Waals surface area contributed by atoms with Crippen LogP contribution < -0.4 is 9.80 Å². The number of ether oxygens (including phenoxy) is 3. The maximum atomic E-state index is 12.9. The fraction of sp³-hybridized carbons (Fsp3) is 0.500. The van der Waals surface area contributed by atoms with Crippen molar-refractivity contribution in [3.63, 3.8) is 0 Å². The van der Waals surface area contributed by atoms with Crippen molar-refractivity contribution in [1.82, 2.24) is 9.97 Å². The Bertz CT molecular complexity index is 1010. The van der Waals surface area contributed by atoms with E-state index in [0.29, 0.717) is 18.9 Å². The average Bonchev–Trinajstić information content (AvgIpc) is 2.73. The predicted octanol–water partition coefficient (Wildman–Crippen LogP) is 5.42. The third kappa shape index (κ3) is 6.89. The lowest BCUT2D eigenvalue weighted by molar-refractivity contribution is 0.0428. The van der Waals surface area contributed by atoms with E-state index >= 15 is 0 Å². The molecule has 0 radical (unpaired) electrons. The minimum atomic E-state index is -0.904. The van der Waals surface area contributed by atoms with Crippen LogP contribution in [0.3, 0.4) is 0 Å². The molecule has 0 saturated carbocycles. The molecule has 10 heteroatoms. The van der Waals surface area contributed by atoms with Crippen molar-refractivity contribution in [2.45, 2.75) is 52.7 Å². The van der Waals surface area contributed by atoms with E-state index in [1.165, 1.54) is 6.20 Å². The summed E-state index contributed by atoms with van der Waals surface area (Å²) in [6, 6.07) is 7.95. The Morgan fingerprint density at radius 1 is 1.03 bits per heavy atom. The number of carbonyl (C=O) groups is 2. The van der Waals surface area contributed by atoms with Crippen LogP contribution in [0.2, 0.25) is 0 Å². The molecular weight excluding hydrogens is 504 g/mol. The summed E-state index contributed by atoms with van der Waals surface area (Å²) in [4.78, 5) is 37.8. The molecule has 1 saturated heterocycles. The zero-order valence-electron chi connectivity index (χ0n) is 20.4. The zero-order chi connectivity index (χ0) is 25.1. The lowest BCUT2D eigenvalue weighted by Crippen LogP contribution is -2.44. The van der Waals surface area contributed by atoms with E-state index in [9.17, 15) is 9.59 Å². The first-order chi connectivity index (χ1) is 15.8. The molecule has 0 aliphatic carbocycles. The standard InChI is InChI=1S/C24H31BrN4O5/c1-23(2,3)33-21(30)29(22(31)34-24(4,5)6)20-19(25)27-18(15-26-20)16-8-7-9-17(14-16)28-10-12-32-13-11-28/h7-9,14-15H,10-13H2,1-6H3. The van der Waals surface area contributed by atoms with E-state index in [4.69, 9.17) is 14.2 Å². The number of morpholine rings is 1. The Morgan fingerprint density at radius 3 is 2.15 bits per heavy atom. The molecule has 0 spiro atoms. The normalized spacial score (nSPS) is 14.5. The van der Waals surface area contributed by atoms with E-state index in [1.807, 2.05) is 24.3 Å². The SMILES string of the molecule is CC(C)(C)OC(=O)N(C(=O)OC(C)(C)C)c1ncc(-c2cccc(N3CCOCC3)c2)nc1Br. The first-order valence-electron chi connectivity index (χ1n) is 11.1. The van der Waals surface area contributed by atoms with Gasteiger partial charge in [-0.25, -0.2) is 19.6 Å². The minimum absolute atomic E-state index is 0.0171. The Kier molecular flexibility index (Phi) is 7.82. The number of amides is 2. The number of aromatic nitrogens is 2. The molecule has 0 bridgehead atoms. The first kappa shape index (κ1) is 25.9.